The van der Waals surface area contributed by atoms with E-state index < -0.39 is 11.9 Å². The van der Waals surface area contributed by atoms with Crippen molar-refractivity contribution in [2.75, 3.05) is 13.1 Å². The van der Waals surface area contributed by atoms with Crippen molar-refractivity contribution in [1.29, 1.82) is 10.8 Å². The number of carboxylic acid groups (broad SMARTS) is 1. The van der Waals surface area contributed by atoms with Gasteiger partial charge in [0.1, 0.15) is 17.7 Å². The molecule has 7 nitrogen and oxygen atoms in total. The number of rotatable bonds is 9. The molecule has 1 aliphatic rings. The van der Waals surface area contributed by atoms with Crippen LogP contribution in [-0.2, 0) is 11.2 Å². The highest BCUT2D eigenvalue weighted by atomic mass is 16.5. The number of nitrogens with zero attached hydrogens (tertiary/aromatic N) is 1. The van der Waals surface area contributed by atoms with Crippen molar-refractivity contribution < 1.29 is 14.6 Å². The minimum atomic E-state index is -0.878. The number of nitrogens with two attached hydrogens (primary N) is 1. The third-order valence-electron chi connectivity index (χ3n) is 6.55. The van der Waals surface area contributed by atoms with E-state index in [0.29, 0.717) is 30.1 Å². The first-order valence-electron chi connectivity index (χ1n) is 12.0. The number of carbonyl (C=O) groups is 1. The molecule has 0 bridgehead atoms. The predicted octanol–water partition coefficient (Wildman–Crippen LogP) is 4.77. The van der Waals surface area contributed by atoms with Crippen LogP contribution in [0.3, 0.4) is 0 Å². The summed E-state index contributed by atoms with van der Waals surface area (Å²) < 4.78 is 6.11. The molecular weight excluding hydrogens is 440 g/mol. The Bertz CT molecular complexity index is 1240. The third kappa shape index (κ3) is 5.80. The van der Waals surface area contributed by atoms with E-state index in [2.05, 4.69) is 11.8 Å². The van der Waals surface area contributed by atoms with Gasteiger partial charge in [0.15, 0.2) is 0 Å². The van der Waals surface area contributed by atoms with Gasteiger partial charge < -0.3 is 20.5 Å². The number of carboxylic acids is 1. The van der Waals surface area contributed by atoms with Gasteiger partial charge in [-0.05, 0) is 52.9 Å². The molecule has 35 heavy (non-hydrogen) atoms. The third-order valence-corrected chi connectivity index (χ3v) is 6.55. The van der Waals surface area contributed by atoms with Gasteiger partial charge in [0, 0.05) is 24.9 Å². The van der Waals surface area contributed by atoms with Crippen molar-refractivity contribution in [2.24, 2.45) is 5.73 Å². The van der Waals surface area contributed by atoms with E-state index in [0.717, 1.165) is 47.7 Å². The van der Waals surface area contributed by atoms with Crippen LogP contribution in [0.1, 0.15) is 48.8 Å². The van der Waals surface area contributed by atoms with Crippen LogP contribution in [0.5, 0.6) is 5.75 Å². The Morgan fingerprint density at radius 2 is 1.86 bits per heavy atom. The number of hydrogen-bond donors (Lipinski definition) is 4. The van der Waals surface area contributed by atoms with E-state index >= 15 is 0 Å². The minimum absolute atomic E-state index is 0.00700. The fourth-order valence-corrected chi connectivity index (χ4v) is 4.61. The molecule has 5 N–H and O–H groups in total. The Labute approximate surface area is 205 Å². The molecule has 1 saturated heterocycles. The van der Waals surface area contributed by atoms with Gasteiger partial charge >= 0.3 is 5.97 Å². The first-order valence-corrected chi connectivity index (χ1v) is 12.0. The number of benzene rings is 3. The van der Waals surface area contributed by atoms with E-state index in [1.165, 1.54) is 0 Å². The molecule has 7 heteroatoms. The summed E-state index contributed by atoms with van der Waals surface area (Å²) in [6, 6.07) is 18.8. The van der Waals surface area contributed by atoms with E-state index in [4.69, 9.17) is 21.3 Å². The van der Waals surface area contributed by atoms with Crippen LogP contribution in [0.4, 0.5) is 0 Å². The van der Waals surface area contributed by atoms with Crippen molar-refractivity contribution in [3.05, 3.63) is 77.4 Å². The van der Waals surface area contributed by atoms with Gasteiger partial charge in [0.25, 0.3) is 0 Å². The van der Waals surface area contributed by atoms with Crippen LogP contribution < -0.4 is 10.5 Å². The van der Waals surface area contributed by atoms with E-state index in [1.807, 2.05) is 60.7 Å². The fourth-order valence-electron chi connectivity index (χ4n) is 4.61. The summed E-state index contributed by atoms with van der Waals surface area (Å²) in [6.45, 7) is 3.63. The summed E-state index contributed by atoms with van der Waals surface area (Å²) in [5, 5.41) is 27.7. The Morgan fingerprint density at radius 1 is 1.11 bits per heavy atom. The maximum atomic E-state index is 12.1. The second-order valence-corrected chi connectivity index (χ2v) is 9.15. The highest BCUT2D eigenvalue weighted by molar-refractivity contribution is 5.99. The number of nitrogen functional groups attached to an aromatic ring is 1. The highest BCUT2D eigenvalue weighted by Crippen LogP contribution is 2.27. The second-order valence-electron chi connectivity index (χ2n) is 9.15. The summed E-state index contributed by atoms with van der Waals surface area (Å²) >= 11 is 0. The van der Waals surface area contributed by atoms with Crippen LogP contribution in [0.2, 0.25) is 0 Å². The molecule has 1 heterocycles. The van der Waals surface area contributed by atoms with Crippen LogP contribution >= 0.6 is 0 Å². The number of likely N-dealkylation sites (tertiary alicyclic amines) is 1. The van der Waals surface area contributed by atoms with E-state index in [9.17, 15) is 9.90 Å². The zero-order valence-electron chi connectivity index (χ0n) is 20.0. The van der Waals surface area contributed by atoms with Crippen LogP contribution in [0.25, 0.3) is 10.8 Å². The quantitative estimate of drug-likeness (QED) is 0.264. The summed E-state index contributed by atoms with van der Waals surface area (Å²) in [4.78, 5) is 14.2. The summed E-state index contributed by atoms with van der Waals surface area (Å²) in [5.41, 5.74) is 7.90. The Kier molecular flexibility index (Phi) is 7.34. The average Bonchev–Trinajstić information content (AvgIpc) is 3.31. The summed E-state index contributed by atoms with van der Waals surface area (Å²) in [7, 11) is 0. The molecule has 3 aromatic carbocycles. The zero-order valence-corrected chi connectivity index (χ0v) is 20.0. The molecule has 0 saturated carbocycles. The van der Waals surface area contributed by atoms with E-state index in [1.54, 1.807) is 0 Å². The fraction of sp³-hybridized carbons (Fsp3) is 0.321. The maximum absolute atomic E-state index is 12.1. The molecule has 0 aromatic heterocycles. The lowest BCUT2D eigenvalue weighted by Gasteiger charge is -2.19. The Balaban J connectivity index is 1.44. The predicted molar refractivity (Wildman–Crippen MR) is 139 cm³/mol. The first kappa shape index (κ1) is 24.3. The standard InChI is InChI=1S/C28H32N4O3/c1-2-3-26(29)32-13-12-24(17-32)35-23-10-8-20(9-11-23)25(28(33)34)15-18-4-5-19-6-7-21(27(30)31)16-22(19)14-18/h4-11,14,16,24-25,29H,2-3,12-13,15,17H2,1H3,(H3,30,31)(H,33,34)/t24-,25?/m0/s1. The van der Waals surface area contributed by atoms with Gasteiger partial charge in [0.2, 0.25) is 0 Å². The SMILES string of the molecule is CCCC(=N)N1CC[C@H](Oc2ccc(C(Cc3ccc4ccc(C(=N)N)cc4c3)C(=O)O)cc2)C1. The average molecular weight is 473 g/mol. The molecule has 0 amide bonds. The molecule has 182 valence electrons. The maximum Gasteiger partial charge on any atom is 0.311 e. The molecule has 2 atom stereocenters. The number of hydrogen-bond acceptors (Lipinski definition) is 4. The van der Waals surface area contributed by atoms with Crippen molar-refractivity contribution in [1.82, 2.24) is 4.90 Å². The van der Waals surface area contributed by atoms with Gasteiger partial charge in [-0.1, -0.05) is 49.4 Å². The Hall–Kier alpha value is -3.87. The normalized spacial score (nSPS) is 16.3. The van der Waals surface area contributed by atoms with Gasteiger partial charge in [-0.3, -0.25) is 15.6 Å². The Morgan fingerprint density at radius 3 is 2.54 bits per heavy atom. The zero-order chi connectivity index (χ0) is 24.9. The molecule has 3 aromatic rings. The minimum Gasteiger partial charge on any atom is -0.489 e. The molecular formula is C28H32N4O3. The topological polar surface area (TPSA) is 123 Å². The highest BCUT2D eigenvalue weighted by Gasteiger charge is 2.26. The second kappa shape index (κ2) is 10.6. The van der Waals surface area contributed by atoms with Crippen molar-refractivity contribution in [3.8, 4) is 5.75 Å². The largest absolute Gasteiger partial charge is 0.489 e. The molecule has 1 fully saturated rings. The molecule has 4 rings (SSSR count). The van der Waals surface area contributed by atoms with Gasteiger partial charge in [0.05, 0.1) is 18.3 Å². The molecule has 1 aliphatic heterocycles. The van der Waals surface area contributed by atoms with Crippen molar-refractivity contribution in [3.63, 3.8) is 0 Å². The van der Waals surface area contributed by atoms with Gasteiger partial charge in [-0.15, -0.1) is 0 Å². The lowest BCUT2D eigenvalue weighted by atomic mass is 9.91. The van der Waals surface area contributed by atoms with Crippen LogP contribution in [-0.4, -0.2) is 46.8 Å². The number of ether oxygens (including phenoxy) is 1. The number of nitrogens with one attached hydrogen (secondary N) is 2. The van der Waals surface area contributed by atoms with Crippen LogP contribution in [0.15, 0.2) is 60.7 Å². The molecule has 0 spiro atoms. The van der Waals surface area contributed by atoms with Crippen LogP contribution in [0, 0.1) is 10.8 Å². The lowest BCUT2D eigenvalue weighted by molar-refractivity contribution is -0.138. The number of aliphatic carboxylic acids is 1. The first-order chi connectivity index (χ1) is 16.8. The lowest BCUT2D eigenvalue weighted by Crippen LogP contribution is -2.30. The number of fused-ring (bicyclic) bond motifs is 1. The van der Waals surface area contributed by atoms with Crippen molar-refractivity contribution >= 4 is 28.4 Å². The summed E-state index contributed by atoms with van der Waals surface area (Å²) in [6.07, 6.45) is 3.01. The smallest absolute Gasteiger partial charge is 0.311 e. The number of amidine groups is 2. The van der Waals surface area contributed by atoms with Gasteiger partial charge in [-0.2, -0.15) is 0 Å². The monoisotopic (exact) mass is 472 g/mol. The van der Waals surface area contributed by atoms with Gasteiger partial charge in [-0.25, -0.2) is 0 Å². The van der Waals surface area contributed by atoms with E-state index in [-0.39, 0.29) is 11.9 Å². The molecule has 0 radical (unpaired) electrons. The van der Waals surface area contributed by atoms with Crippen molar-refractivity contribution in [2.45, 2.75) is 44.6 Å². The molecule has 1 unspecified atom stereocenters. The molecule has 0 aliphatic carbocycles. The summed E-state index contributed by atoms with van der Waals surface area (Å²) in [5.74, 6) is -0.169.